The smallest absolute Gasteiger partial charge is 0.256 e. The molecule has 0 unspecified atom stereocenters. The van der Waals surface area contributed by atoms with Crippen LogP contribution < -0.4 is 0 Å². The van der Waals surface area contributed by atoms with Crippen LogP contribution in [0, 0.1) is 0 Å². The summed E-state index contributed by atoms with van der Waals surface area (Å²) in [5.41, 5.74) is 0. The number of carbonyl (C=O) groups excluding carboxylic acids is 4. The Kier molecular flexibility index (Phi) is 4.26. The molecule has 0 spiro atoms. The Morgan fingerprint density at radius 1 is 0.824 bits per heavy atom. The lowest BCUT2D eigenvalue weighted by Crippen LogP contribution is -2.27. The minimum absolute atomic E-state index is 0.124. The minimum Gasteiger partial charge on any atom is -0.279 e. The summed E-state index contributed by atoms with van der Waals surface area (Å²) in [6.07, 6.45) is 0.545. The van der Waals surface area contributed by atoms with Crippen molar-refractivity contribution in [3.8, 4) is 0 Å². The van der Waals surface area contributed by atoms with Gasteiger partial charge < -0.3 is 0 Å². The van der Waals surface area contributed by atoms with Crippen LogP contribution in [0.2, 0.25) is 0 Å². The van der Waals surface area contributed by atoms with Crippen LogP contribution in [0.5, 0.6) is 0 Å². The van der Waals surface area contributed by atoms with Gasteiger partial charge in [0, 0.05) is 25.7 Å². The molecule has 0 saturated carbocycles. The maximum absolute atomic E-state index is 10.4. The summed E-state index contributed by atoms with van der Waals surface area (Å²) in [4.78, 5) is 44.8. The summed E-state index contributed by atoms with van der Waals surface area (Å²) in [5.74, 6) is -2.00. The largest absolute Gasteiger partial charge is 0.279 e. The van der Waals surface area contributed by atoms with Crippen LogP contribution in [0.25, 0.3) is 0 Å². The van der Waals surface area contributed by atoms with Crippen LogP contribution in [0.4, 0.5) is 0 Å². The third-order valence-corrected chi connectivity index (χ3v) is 2.11. The highest BCUT2D eigenvalue weighted by molar-refractivity contribution is 6.00. The standard InChI is InChI=1S/C4H5NO4.C4H5NO3/c6-3-1-2-4(7)5(3)9-8;6-3-1-2-4(7)5(3)8/h8H,1-2H2;8H,1-2H2. The third kappa shape index (κ3) is 3.06. The average molecular weight is 246 g/mol. The van der Waals surface area contributed by atoms with Crippen molar-refractivity contribution < 1.29 is 34.6 Å². The monoisotopic (exact) mass is 246 g/mol. The number of hydroxylamine groups is 4. The van der Waals surface area contributed by atoms with Gasteiger partial charge in [-0.3, -0.25) is 24.4 Å². The Hall–Kier alpha value is -1.84. The van der Waals surface area contributed by atoms with Crippen molar-refractivity contribution in [1.29, 1.82) is 0 Å². The fourth-order valence-corrected chi connectivity index (χ4v) is 1.21. The van der Waals surface area contributed by atoms with E-state index in [2.05, 4.69) is 4.99 Å². The van der Waals surface area contributed by atoms with Crippen LogP contribution in [-0.4, -0.2) is 44.2 Å². The zero-order valence-corrected chi connectivity index (χ0v) is 8.66. The van der Waals surface area contributed by atoms with Crippen LogP contribution in [-0.2, 0) is 24.2 Å². The molecule has 0 bridgehead atoms. The Bertz CT molecular complexity index is 335. The highest BCUT2D eigenvalue weighted by Gasteiger charge is 2.30. The summed E-state index contributed by atoms with van der Waals surface area (Å²) in [5, 5.41) is 16.8. The van der Waals surface area contributed by atoms with Crippen molar-refractivity contribution in [1.82, 2.24) is 10.1 Å². The molecule has 4 amide bonds. The van der Waals surface area contributed by atoms with Gasteiger partial charge in [0.15, 0.2) is 0 Å². The first-order chi connectivity index (χ1) is 7.97. The van der Waals surface area contributed by atoms with Gasteiger partial charge in [-0.2, -0.15) is 5.06 Å². The SMILES string of the molecule is O=C1CCC(=O)N1O.O=C1CCC(=O)N1OO. The van der Waals surface area contributed by atoms with E-state index in [0.717, 1.165) is 0 Å². The van der Waals surface area contributed by atoms with Crippen molar-refractivity contribution >= 4 is 23.6 Å². The van der Waals surface area contributed by atoms with Gasteiger partial charge in [-0.1, -0.05) is 0 Å². The van der Waals surface area contributed by atoms with Crippen molar-refractivity contribution in [3.63, 3.8) is 0 Å². The molecule has 2 rings (SSSR count). The van der Waals surface area contributed by atoms with Gasteiger partial charge >= 0.3 is 0 Å². The van der Waals surface area contributed by atoms with E-state index in [1.807, 2.05) is 0 Å². The van der Waals surface area contributed by atoms with Crippen molar-refractivity contribution in [3.05, 3.63) is 0 Å². The van der Waals surface area contributed by atoms with E-state index in [-0.39, 0.29) is 30.7 Å². The second-order valence-electron chi connectivity index (χ2n) is 3.26. The second kappa shape index (κ2) is 5.48. The zero-order chi connectivity index (χ0) is 13.0. The number of imide groups is 2. The number of hydrogen-bond acceptors (Lipinski definition) is 7. The number of carbonyl (C=O) groups is 4. The summed E-state index contributed by atoms with van der Waals surface area (Å²) < 4.78 is 0. The lowest BCUT2D eigenvalue weighted by atomic mass is 10.4. The molecule has 0 aromatic heterocycles. The summed E-state index contributed by atoms with van der Waals surface area (Å²) in [6, 6.07) is 0. The Morgan fingerprint density at radius 3 is 1.35 bits per heavy atom. The molecule has 2 fully saturated rings. The number of hydrogen-bond donors (Lipinski definition) is 2. The summed E-state index contributed by atoms with van der Waals surface area (Å²) in [7, 11) is 0. The van der Waals surface area contributed by atoms with E-state index < -0.39 is 23.6 Å². The van der Waals surface area contributed by atoms with Crippen molar-refractivity contribution in [2.45, 2.75) is 25.7 Å². The molecule has 2 aliphatic heterocycles. The quantitative estimate of drug-likeness (QED) is 0.265. The van der Waals surface area contributed by atoms with Gasteiger partial charge in [-0.15, -0.1) is 10.1 Å². The molecule has 2 N–H and O–H groups in total. The Morgan fingerprint density at radius 2 is 1.18 bits per heavy atom. The van der Waals surface area contributed by atoms with E-state index in [1.54, 1.807) is 0 Å². The molecule has 0 radical (unpaired) electrons. The summed E-state index contributed by atoms with van der Waals surface area (Å²) >= 11 is 0. The molecule has 0 aromatic rings. The fourth-order valence-electron chi connectivity index (χ4n) is 1.21. The Labute approximate surface area is 95.0 Å². The fraction of sp³-hybridized carbons (Fsp3) is 0.500. The first kappa shape index (κ1) is 13.2. The minimum atomic E-state index is -0.505. The topological polar surface area (TPSA) is 124 Å². The molecule has 9 nitrogen and oxygen atoms in total. The van der Waals surface area contributed by atoms with Gasteiger partial charge in [0.25, 0.3) is 23.6 Å². The van der Waals surface area contributed by atoms with Crippen molar-refractivity contribution in [2.24, 2.45) is 0 Å². The predicted molar refractivity (Wildman–Crippen MR) is 47.7 cm³/mol. The maximum atomic E-state index is 10.4. The number of nitrogens with zero attached hydrogens (tertiary/aromatic N) is 2. The summed E-state index contributed by atoms with van der Waals surface area (Å²) in [6.45, 7) is 0. The lowest BCUT2D eigenvalue weighted by molar-refractivity contribution is -0.360. The van der Waals surface area contributed by atoms with E-state index in [0.29, 0.717) is 5.06 Å². The van der Waals surface area contributed by atoms with Gasteiger partial charge in [-0.25, -0.2) is 5.26 Å². The Balaban J connectivity index is 0.000000171. The molecule has 94 valence electrons. The number of rotatable bonds is 1. The molecular weight excluding hydrogens is 236 g/mol. The van der Waals surface area contributed by atoms with Crippen LogP contribution >= 0.6 is 0 Å². The van der Waals surface area contributed by atoms with E-state index in [4.69, 9.17) is 10.5 Å². The molecule has 0 atom stereocenters. The van der Waals surface area contributed by atoms with Crippen LogP contribution in [0.3, 0.4) is 0 Å². The second-order valence-corrected chi connectivity index (χ2v) is 3.26. The van der Waals surface area contributed by atoms with Gasteiger partial charge in [0.1, 0.15) is 0 Å². The molecule has 17 heavy (non-hydrogen) atoms. The zero-order valence-electron chi connectivity index (χ0n) is 8.66. The normalized spacial score (nSPS) is 19.9. The number of amides is 4. The first-order valence-electron chi connectivity index (χ1n) is 4.69. The molecular formula is C8H10N2O7. The molecule has 2 saturated heterocycles. The van der Waals surface area contributed by atoms with E-state index >= 15 is 0 Å². The maximum Gasteiger partial charge on any atom is 0.256 e. The highest BCUT2D eigenvalue weighted by Crippen LogP contribution is 2.10. The molecule has 2 heterocycles. The molecule has 0 aliphatic carbocycles. The van der Waals surface area contributed by atoms with Gasteiger partial charge in [0.2, 0.25) is 0 Å². The van der Waals surface area contributed by atoms with E-state index in [1.165, 1.54) is 0 Å². The van der Waals surface area contributed by atoms with Crippen LogP contribution in [0.15, 0.2) is 0 Å². The highest BCUT2D eigenvalue weighted by atomic mass is 17.2. The van der Waals surface area contributed by atoms with E-state index in [9.17, 15) is 19.2 Å². The van der Waals surface area contributed by atoms with Crippen molar-refractivity contribution in [2.75, 3.05) is 0 Å². The molecule has 0 aromatic carbocycles. The average Bonchev–Trinajstić information content (AvgIpc) is 2.77. The van der Waals surface area contributed by atoms with Gasteiger partial charge in [0.05, 0.1) is 0 Å². The predicted octanol–water partition coefficient (Wildman–Crippen LogP) is -0.935. The first-order valence-corrected chi connectivity index (χ1v) is 4.69. The van der Waals surface area contributed by atoms with Crippen LogP contribution in [0.1, 0.15) is 25.7 Å². The molecule has 9 heteroatoms. The van der Waals surface area contributed by atoms with Gasteiger partial charge in [-0.05, 0) is 0 Å². The molecule has 2 aliphatic rings. The lowest BCUT2D eigenvalue weighted by Gasteiger charge is -2.03. The third-order valence-electron chi connectivity index (χ3n) is 2.11.